The topological polar surface area (TPSA) is 363 Å². The molecule has 1 saturated heterocycles. The molecule has 0 aromatic rings. The van der Waals surface area contributed by atoms with Crippen molar-refractivity contribution in [3.05, 3.63) is 0 Å². The van der Waals surface area contributed by atoms with E-state index in [1.54, 1.807) is 13.8 Å². The fourth-order valence-corrected chi connectivity index (χ4v) is 5.69. The van der Waals surface area contributed by atoms with Gasteiger partial charge in [0.25, 0.3) is 0 Å². The normalized spacial score (nSPS) is 17.3. The fraction of sp³-hybridized carbons (Fsp3) is 0.727. The average Bonchev–Trinajstić information content (AvgIpc) is 3.57. The van der Waals surface area contributed by atoms with Crippen LogP contribution in [-0.4, -0.2) is 125 Å². The van der Waals surface area contributed by atoms with Gasteiger partial charge in [0.15, 0.2) is 5.96 Å². The molecule has 54 heavy (non-hydrogen) atoms. The highest BCUT2D eigenvalue weighted by Crippen LogP contribution is 2.19. The second-order valence-corrected chi connectivity index (χ2v) is 14.2. The molecule has 1 heterocycles. The van der Waals surface area contributed by atoms with Crippen molar-refractivity contribution in [1.29, 1.82) is 0 Å². The SMILES string of the molecule is CC(C)C[C@H](NC(=O)[C@H](C)NC(=O)[C@@H](N)CO)C(=O)N[C@@H](CC(C)C)C(=O)N[C@@H](CCCN=C(N)N)C(=O)N[C@@H](CC(N)=O)C(=O)N1CCC[C@H]1C(N)=O. The molecule has 0 saturated carbocycles. The minimum Gasteiger partial charge on any atom is -0.394 e. The molecule has 0 radical (unpaired) electrons. The molecule has 306 valence electrons. The monoisotopic (exact) mass is 768 g/mol. The van der Waals surface area contributed by atoms with E-state index in [9.17, 15) is 38.4 Å². The number of guanidine groups is 1. The second-order valence-electron chi connectivity index (χ2n) is 14.2. The van der Waals surface area contributed by atoms with Crippen LogP contribution < -0.4 is 55.3 Å². The zero-order chi connectivity index (χ0) is 41.3. The third-order valence-corrected chi connectivity index (χ3v) is 8.43. The number of nitrogens with zero attached hydrogens (tertiary/aromatic N) is 2. The molecule has 1 aliphatic rings. The minimum atomic E-state index is -1.48. The molecular weight excluding hydrogens is 708 g/mol. The lowest BCUT2D eigenvalue weighted by molar-refractivity contribution is -0.142. The van der Waals surface area contributed by atoms with E-state index >= 15 is 0 Å². The van der Waals surface area contributed by atoms with E-state index in [-0.39, 0.29) is 56.6 Å². The van der Waals surface area contributed by atoms with Crippen molar-refractivity contribution >= 4 is 53.2 Å². The van der Waals surface area contributed by atoms with Crippen molar-refractivity contribution in [2.75, 3.05) is 19.7 Å². The summed E-state index contributed by atoms with van der Waals surface area (Å²) in [6.07, 6.45) is 0.580. The molecule has 21 nitrogen and oxygen atoms in total. The second kappa shape index (κ2) is 22.9. The van der Waals surface area contributed by atoms with Crippen molar-refractivity contribution in [2.24, 2.45) is 45.5 Å². The lowest BCUT2D eigenvalue weighted by Crippen LogP contribution is -2.60. The van der Waals surface area contributed by atoms with Crippen LogP contribution in [0.4, 0.5) is 0 Å². The Bertz CT molecular complexity index is 1370. The summed E-state index contributed by atoms with van der Waals surface area (Å²) in [5, 5.41) is 21.9. The number of rotatable bonds is 23. The van der Waals surface area contributed by atoms with Crippen molar-refractivity contribution in [3.63, 3.8) is 0 Å². The van der Waals surface area contributed by atoms with Gasteiger partial charge < -0.3 is 65.3 Å². The number of carbonyl (C=O) groups excluding carboxylic acids is 8. The minimum absolute atomic E-state index is 0.0443. The number of hydrogen-bond donors (Lipinski definition) is 11. The van der Waals surface area contributed by atoms with Crippen LogP contribution in [-0.2, 0) is 38.4 Å². The molecule has 1 rings (SSSR count). The first-order chi connectivity index (χ1) is 25.2. The molecular formula is C33H60N12O9. The van der Waals surface area contributed by atoms with Crippen LogP contribution >= 0.6 is 0 Å². The van der Waals surface area contributed by atoms with Gasteiger partial charge in [-0.25, -0.2) is 0 Å². The molecule has 0 bridgehead atoms. The van der Waals surface area contributed by atoms with Crippen LogP contribution in [0.25, 0.3) is 0 Å². The predicted molar refractivity (Wildman–Crippen MR) is 197 cm³/mol. The fourth-order valence-electron chi connectivity index (χ4n) is 5.69. The zero-order valence-corrected chi connectivity index (χ0v) is 31.8. The Kier molecular flexibility index (Phi) is 19.9. The first-order valence-electron chi connectivity index (χ1n) is 18.0. The van der Waals surface area contributed by atoms with Gasteiger partial charge in [0.2, 0.25) is 47.3 Å². The third-order valence-electron chi connectivity index (χ3n) is 8.43. The summed E-state index contributed by atoms with van der Waals surface area (Å²) in [4.78, 5) is 109. The van der Waals surface area contributed by atoms with Crippen LogP contribution in [0.2, 0.25) is 0 Å². The summed E-state index contributed by atoms with van der Waals surface area (Å²) >= 11 is 0. The maximum atomic E-state index is 13.8. The summed E-state index contributed by atoms with van der Waals surface area (Å²) in [5.41, 5.74) is 27.2. The smallest absolute Gasteiger partial charge is 0.246 e. The van der Waals surface area contributed by atoms with Crippen LogP contribution in [0.15, 0.2) is 4.99 Å². The zero-order valence-electron chi connectivity index (χ0n) is 31.8. The molecule has 16 N–H and O–H groups in total. The molecule has 0 aromatic heterocycles. The van der Waals surface area contributed by atoms with E-state index in [1.807, 2.05) is 13.8 Å². The van der Waals surface area contributed by atoms with Crippen LogP contribution in [0.5, 0.6) is 0 Å². The van der Waals surface area contributed by atoms with Crippen LogP contribution in [0, 0.1) is 11.8 Å². The van der Waals surface area contributed by atoms with Gasteiger partial charge >= 0.3 is 0 Å². The Morgan fingerprint density at radius 1 is 0.722 bits per heavy atom. The highest BCUT2D eigenvalue weighted by atomic mass is 16.3. The lowest BCUT2D eigenvalue weighted by Gasteiger charge is -2.29. The number of nitrogens with one attached hydrogen (secondary N) is 5. The number of likely N-dealkylation sites (tertiary alicyclic amines) is 1. The first kappa shape index (κ1) is 47.0. The number of nitrogens with two attached hydrogens (primary N) is 5. The molecule has 0 aliphatic carbocycles. The lowest BCUT2D eigenvalue weighted by atomic mass is 9.99. The summed E-state index contributed by atoms with van der Waals surface area (Å²) in [6.45, 7) is 8.21. The van der Waals surface area contributed by atoms with E-state index in [0.717, 1.165) is 0 Å². The van der Waals surface area contributed by atoms with Gasteiger partial charge in [0, 0.05) is 13.1 Å². The Balaban J connectivity index is 3.32. The van der Waals surface area contributed by atoms with Crippen LogP contribution in [0.3, 0.4) is 0 Å². The van der Waals surface area contributed by atoms with Crippen LogP contribution in [0.1, 0.15) is 79.6 Å². The molecule has 1 fully saturated rings. The number of primary amides is 2. The van der Waals surface area contributed by atoms with E-state index in [0.29, 0.717) is 12.8 Å². The number of aliphatic imine (C=N–C) groups is 1. The standard InChI is InChI=1S/C33H60N12O9/c1-16(2)12-21(42-27(49)18(5)40-28(50)19(34)15-46)31(53)43-22(13-17(3)4)30(52)41-20(8-6-10-39-33(37)38)29(51)44-23(14-25(35)47)32(54)45-11-7-9-24(45)26(36)48/h16-24,46H,6-15,34H2,1-5H3,(H2,35,47)(H2,36,48)(H,40,50)(H,41,52)(H,42,49)(H,43,53)(H,44,51)(H4,37,38,39)/t18-,19-,20-,21-,22-,23-,24-/m0/s1. The molecule has 0 aromatic carbocycles. The Morgan fingerprint density at radius 3 is 1.70 bits per heavy atom. The highest BCUT2D eigenvalue weighted by molar-refractivity contribution is 5.98. The molecule has 0 unspecified atom stereocenters. The molecule has 8 amide bonds. The summed E-state index contributed by atoms with van der Waals surface area (Å²) in [6, 6.07) is -8.46. The van der Waals surface area contributed by atoms with E-state index in [1.165, 1.54) is 11.8 Å². The van der Waals surface area contributed by atoms with Gasteiger partial charge in [-0.15, -0.1) is 0 Å². The summed E-state index contributed by atoms with van der Waals surface area (Å²) in [7, 11) is 0. The van der Waals surface area contributed by atoms with Crippen molar-refractivity contribution in [1.82, 2.24) is 31.5 Å². The van der Waals surface area contributed by atoms with E-state index in [4.69, 9.17) is 33.8 Å². The van der Waals surface area contributed by atoms with E-state index in [2.05, 4.69) is 31.6 Å². The Labute approximate surface area is 315 Å². The van der Waals surface area contributed by atoms with Crippen molar-refractivity contribution in [2.45, 2.75) is 122 Å². The van der Waals surface area contributed by atoms with Gasteiger partial charge in [0.1, 0.15) is 42.3 Å². The number of aliphatic hydroxyl groups excluding tert-OH is 1. The third kappa shape index (κ3) is 16.3. The number of aliphatic hydroxyl groups is 1. The molecule has 1 aliphatic heterocycles. The predicted octanol–water partition coefficient (Wildman–Crippen LogP) is -4.75. The largest absolute Gasteiger partial charge is 0.394 e. The quantitative estimate of drug-likeness (QED) is 0.0265. The number of hydrogen-bond acceptors (Lipinski definition) is 11. The molecule has 7 atom stereocenters. The van der Waals surface area contributed by atoms with Gasteiger partial charge in [-0.2, -0.15) is 0 Å². The van der Waals surface area contributed by atoms with Gasteiger partial charge in [0.05, 0.1) is 13.0 Å². The maximum Gasteiger partial charge on any atom is 0.246 e. The molecule has 0 spiro atoms. The van der Waals surface area contributed by atoms with E-state index < -0.39 is 103 Å². The molecule has 21 heteroatoms. The number of carbonyl (C=O) groups is 8. The average molecular weight is 769 g/mol. The van der Waals surface area contributed by atoms with Gasteiger partial charge in [-0.1, -0.05) is 27.7 Å². The first-order valence-corrected chi connectivity index (χ1v) is 18.0. The van der Waals surface area contributed by atoms with Crippen molar-refractivity contribution in [3.8, 4) is 0 Å². The number of amides is 8. The maximum absolute atomic E-state index is 13.8. The summed E-state index contributed by atoms with van der Waals surface area (Å²) in [5.74, 6) is -6.67. The van der Waals surface area contributed by atoms with Gasteiger partial charge in [-0.3, -0.25) is 43.3 Å². The van der Waals surface area contributed by atoms with Gasteiger partial charge in [-0.05, 0) is 57.3 Å². The Hall–Kier alpha value is -5.05. The van der Waals surface area contributed by atoms with Crippen molar-refractivity contribution < 1.29 is 43.5 Å². The highest BCUT2D eigenvalue weighted by Gasteiger charge is 2.38. The Morgan fingerprint density at radius 2 is 1.22 bits per heavy atom. The summed E-state index contributed by atoms with van der Waals surface area (Å²) < 4.78 is 0.